The van der Waals surface area contributed by atoms with E-state index in [4.69, 9.17) is 4.74 Å². The highest BCUT2D eigenvalue weighted by molar-refractivity contribution is 6.06. The van der Waals surface area contributed by atoms with E-state index in [1.807, 2.05) is 0 Å². The van der Waals surface area contributed by atoms with Crippen LogP contribution in [0, 0.1) is 24.4 Å². The molecule has 3 aromatic carbocycles. The van der Waals surface area contributed by atoms with Gasteiger partial charge in [-0.25, -0.2) is 17.9 Å². The molecule has 0 spiro atoms. The van der Waals surface area contributed by atoms with Crippen LogP contribution in [0.2, 0.25) is 0 Å². The standard InChI is InChI=1S/C26H20F5N3O4/c1-13-4-7-15(27)10-20(13)34-25(36)22(32-24(35)14-5-8-16(9-6-14)38-26(30)31)23(33(34)2)21-18(28)11-17(37-3)12-19(21)29/h4-12,26H,1-3H3,(H,32,35). The van der Waals surface area contributed by atoms with E-state index < -0.39 is 46.8 Å². The first-order valence-corrected chi connectivity index (χ1v) is 11.0. The normalized spacial score (nSPS) is 11.1. The van der Waals surface area contributed by atoms with Gasteiger partial charge in [0.05, 0.1) is 18.4 Å². The number of methoxy groups -OCH3 is 1. The molecule has 0 bridgehead atoms. The molecule has 0 saturated heterocycles. The van der Waals surface area contributed by atoms with Gasteiger partial charge >= 0.3 is 6.61 Å². The van der Waals surface area contributed by atoms with Gasteiger partial charge in [-0.3, -0.25) is 14.3 Å². The van der Waals surface area contributed by atoms with E-state index in [1.165, 1.54) is 38.4 Å². The average molecular weight is 533 g/mol. The SMILES string of the molecule is COc1cc(F)c(-c2c(NC(=O)c3ccc(OC(F)F)cc3)c(=O)n(-c3cc(F)ccc3C)n2C)c(F)c1. The van der Waals surface area contributed by atoms with Gasteiger partial charge in [-0.1, -0.05) is 6.07 Å². The summed E-state index contributed by atoms with van der Waals surface area (Å²) in [4.78, 5) is 26.6. The molecule has 0 radical (unpaired) electrons. The number of hydrogen-bond acceptors (Lipinski definition) is 4. The minimum Gasteiger partial charge on any atom is -0.497 e. The number of alkyl halides is 2. The van der Waals surface area contributed by atoms with Crippen LogP contribution in [-0.4, -0.2) is 29.0 Å². The molecule has 0 aliphatic rings. The lowest BCUT2D eigenvalue weighted by Crippen LogP contribution is -2.23. The third kappa shape index (κ3) is 4.97. The smallest absolute Gasteiger partial charge is 0.387 e. The van der Waals surface area contributed by atoms with Crippen molar-refractivity contribution in [3.05, 3.63) is 93.5 Å². The van der Waals surface area contributed by atoms with Crippen molar-refractivity contribution >= 4 is 11.6 Å². The predicted octanol–water partition coefficient (Wildman–Crippen LogP) is 5.43. The molecule has 0 saturated carbocycles. The number of hydrogen-bond donors (Lipinski definition) is 1. The summed E-state index contributed by atoms with van der Waals surface area (Å²) < 4.78 is 80.4. The molecule has 38 heavy (non-hydrogen) atoms. The maximum atomic E-state index is 15.1. The Morgan fingerprint density at radius 2 is 1.58 bits per heavy atom. The number of benzene rings is 3. The van der Waals surface area contributed by atoms with Crippen molar-refractivity contribution in [3.63, 3.8) is 0 Å². The Morgan fingerprint density at radius 1 is 0.947 bits per heavy atom. The number of aromatic nitrogens is 2. The van der Waals surface area contributed by atoms with Gasteiger partial charge in [0, 0.05) is 24.7 Å². The zero-order valence-corrected chi connectivity index (χ0v) is 20.2. The number of ether oxygens (including phenoxy) is 2. The lowest BCUT2D eigenvalue weighted by molar-refractivity contribution is -0.0498. The number of carbonyl (C=O) groups is 1. The molecular weight excluding hydrogens is 513 g/mol. The highest BCUT2D eigenvalue weighted by atomic mass is 19.3. The van der Waals surface area contributed by atoms with Crippen molar-refractivity contribution in [1.82, 2.24) is 9.36 Å². The highest BCUT2D eigenvalue weighted by Crippen LogP contribution is 2.34. The number of halogens is 5. The number of nitrogens with zero attached hydrogens (tertiary/aromatic N) is 2. The van der Waals surface area contributed by atoms with Crippen LogP contribution >= 0.6 is 0 Å². The van der Waals surface area contributed by atoms with Crippen LogP contribution in [0.15, 0.2) is 59.4 Å². The Morgan fingerprint density at radius 3 is 2.16 bits per heavy atom. The Labute approximate surface area is 212 Å². The summed E-state index contributed by atoms with van der Waals surface area (Å²) in [6.07, 6.45) is 0. The Balaban J connectivity index is 1.90. The maximum Gasteiger partial charge on any atom is 0.387 e. The van der Waals surface area contributed by atoms with Crippen LogP contribution in [-0.2, 0) is 7.05 Å². The minimum absolute atomic E-state index is 0.0648. The van der Waals surface area contributed by atoms with Gasteiger partial charge in [0.25, 0.3) is 11.5 Å². The van der Waals surface area contributed by atoms with Crippen LogP contribution in [0.25, 0.3) is 16.9 Å². The number of nitrogens with one attached hydrogen (secondary N) is 1. The fourth-order valence-corrected chi connectivity index (χ4v) is 3.95. The number of carbonyl (C=O) groups excluding carboxylic acids is 1. The predicted molar refractivity (Wildman–Crippen MR) is 129 cm³/mol. The molecule has 1 heterocycles. The molecule has 0 unspecified atom stereocenters. The quantitative estimate of drug-likeness (QED) is 0.322. The molecule has 4 aromatic rings. The molecule has 198 valence electrons. The van der Waals surface area contributed by atoms with Crippen LogP contribution in [0.5, 0.6) is 11.5 Å². The molecule has 12 heteroatoms. The van der Waals surface area contributed by atoms with Crippen LogP contribution in [0.1, 0.15) is 15.9 Å². The summed E-state index contributed by atoms with van der Waals surface area (Å²) in [5.74, 6) is -4.05. The summed E-state index contributed by atoms with van der Waals surface area (Å²) in [7, 11) is 2.53. The van der Waals surface area contributed by atoms with Crippen LogP contribution < -0.4 is 20.3 Å². The zero-order chi connectivity index (χ0) is 27.7. The fraction of sp³-hybridized carbons (Fsp3) is 0.154. The van der Waals surface area contributed by atoms with E-state index in [-0.39, 0.29) is 28.4 Å². The molecule has 1 aromatic heterocycles. The second kappa shape index (κ2) is 10.4. The zero-order valence-electron chi connectivity index (χ0n) is 20.2. The first-order valence-electron chi connectivity index (χ1n) is 11.0. The molecule has 4 rings (SSSR count). The first kappa shape index (κ1) is 26.5. The number of anilines is 1. The minimum atomic E-state index is -3.07. The second-order valence-electron chi connectivity index (χ2n) is 8.12. The van der Waals surface area contributed by atoms with Gasteiger partial charge in [0.1, 0.15) is 40.3 Å². The van der Waals surface area contributed by atoms with E-state index in [2.05, 4.69) is 10.1 Å². The number of rotatable bonds is 7. The van der Waals surface area contributed by atoms with E-state index >= 15 is 8.78 Å². The van der Waals surface area contributed by atoms with Crippen molar-refractivity contribution in [2.24, 2.45) is 7.05 Å². The van der Waals surface area contributed by atoms with Gasteiger partial charge < -0.3 is 14.8 Å². The van der Waals surface area contributed by atoms with Crippen LogP contribution in [0.3, 0.4) is 0 Å². The molecule has 1 N–H and O–H groups in total. The van der Waals surface area contributed by atoms with Crippen molar-refractivity contribution in [2.75, 3.05) is 12.4 Å². The van der Waals surface area contributed by atoms with Gasteiger partial charge in [-0.05, 0) is 48.9 Å². The number of aryl methyl sites for hydroxylation is 1. The monoisotopic (exact) mass is 533 g/mol. The Bertz CT molecular complexity index is 1560. The second-order valence-corrected chi connectivity index (χ2v) is 8.12. The van der Waals surface area contributed by atoms with E-state index in [9.17, 15) is 22.8 Å². The highest BCUT2D eigenvalue weighted by Gasteiger charge is 2.28. The van der Waals surface area contributed by atoms with E-state index in [0.717, 1.165) is 39.7 Å². The average Bonchev–Trinajstić information content (AvgIpc) is 3.09. The number of amides is 1. The summed E-state index contributed by atoms with van der Waals surface area (Å²) in [5, 5.41) is 2.36. The molecule has 0 atom stereocenters. The van der Waals surface area contributed by atoms with Crippen molar-refractivity contribution in [2.45, 2.75) is 13.5 Å². The summed E-state index contributed by atoms with van der Waals surface area (Å²) in [5.41, 5.74) is -1.93. The summed E-state index contributed by atoms with van der Waals surface area (Å²) >= 11 is 0. The van der Waals surface area contributed by atoms with Crippen molar-refractivity contribution in [3.8, 4) is 28.4 Å². The van der Waals surface area contributed by atoms with Gasteiger partial charge in [0.2, 0.25) is 0 Å². The van der Waals surface area contributed by atoms with Crippen molar-refractivity contribution < 1.29 is 36.2 Å². The molecular formula is C26H20F5N3O4. The fourth-order valence-electron chi connectivity index (χ4n) is 3.95. The molecule has 1 amide bonds. The molecule has 0 aliphatic carbocycles. The van der Waals surface area contributed by atoms with Gasteiger partial charge in [-0.15, -0.1) is 0 Å². The summed E-state index contributed by atoms with van der Waals surface area (Å²) in [6.45, 7) is -1.47. The Kier molecular flexibility index (Phi) is 7.24. The lowest BCUT2D eigenvalue weighted by atomic mass is 10.1. The summed E-state index contributed by atoms with van der Waals surface area (Å²) in [6, 6.07) is 10.0. The van der Waals surface area contributed by atoms with Gasteiger partial charge in [-0.2, -0.15) is 8.78 Å². The van der Waals surface area contributed by atoms with E-state index in [0.29, 0.717) is 5.56 Å². The van der Waals surface area contributed by atoms with Crippen molar-refractivity contribution in [1.29, 1.82) is 0 Å². The molecule has 7 nitrogen and oxygen atoms in total. The third-order valence-corrected chi connectivity index (χ3v) is 5.73. The largest absolute Gasteiger partial charge is 0.497 e. The van der Waals surface area contributed by atoms with Gasteiger partial charge in [0.15, 0.2) is 0 Å². The topological polar surface area (TPSA) is 74.5 Å². The Hall–Kier alpha value is -4.61. The van der Waals surface area contributed by atoms with Crippen LogP contribution in [0.4, 0.5) is 27.6 Å². The van der Waals surface area contributed by atoms with E-state index in [1.54, 1.807) is 6.92 Å². The lowest BCUT2D eigenvalue weighted by Gasteiger charge is -2.14. The third-order valence-electron chi connectivity index (χ3n) is 5.73. The first-order chi connectivity index (χ1) is 18.0. The molecule has 0 fully saturated rings. The maximum absolute atomic E-state index is 15.1. The molecule has 0 aliphatic heterocycles.